The van der Waals surface area contributed by atoms with Crippen molar-refractivity contribution >= 4 is 41.5 Å². The second-order valence-corrected chi connectivity index (χ2v) is 12.9. The molecule has 46 heavy (non-hydrogen) atoms. The van der Waals surface area contributed by atoms with E-state index in [-0.39, 0.29) is 49.6 Å². The van der Waals surface area contributed by atoms with Crippen molar-refractivity contribution in [2.45, 2.75) is 115 Å². The maximum Gasteiger partial charge on any atom is 0.326 e. The summed E-state index contributed by atoms with van der Waals surface area (Å²) in [5, 5.41) is 25.2. The number of hydrogen-bond donors (Lipinski definition) is 7. The lowest BCUT2D eigenvalue weighted by Crippen LogP contribution is -2.59. The number of nitrogens with one attached hydrogen (secondary N) is 4. The molecule has 16 heteroatoms. The first kappa shape index (κ1) is 36.5. The molecular weight excluding hydrogens is 598 g/mol. The van der Waals surface area contributed by atoms with Crippen LogP contribution in [0, 0.1) is 11.3 Å². The van der Waals surface area contributed by atoms with Gasteiger partial charge in [-0.05, 0) is 70.6 Å². The quantitative estimate of drug-likeness (QED) is 0.0664. The van der Waals surface area contributed by atoms with E-state index in [0.717, 1.165) is 0 Å². The number of carbonyl (C=O) groups is 6. The van der Waals surface area contributed by atoms with Crippen molar-refractivity contribution in [2.75, 3.05) is 26.2 Å². The summed E-state index contributed by atoms with van der Waals surface area (Å²) in [4.78, 5) is 83.2. The molecule has 0 radical (unpaired) electrons. The van der Waals surface area contributed by atoms with E-state index in [1.54, 1.807) is 6.92 Å². The van der Waals surface area contributed by atoms with Crippen LogP contribution in [0.1, 0.15) is 78.6 Å². The predicted octanol–water partition coefficient (Wildman–Crippen LogP) is -1.33. The van der Waals surface area contributed by atoms with E-state index in [1.165, 1.54) is 14.7 Å². The van der Waals surface area contributed by atoms with Gasteiger partial charge in [0, 0.05) is 26.2 Å². The minimum absolute atomic E-state index is 0.0161. The topological polar surface area (TPSA) is 244 Å². The van der Waals surface area contributed by atoms with Gasteiger partial charge >= 0.3 is 5.97 Å². The van der Waals surface area contributed by atoms with Crippen LogP contribution in [0.15, 0.2) is 0 Å². The van der Waals surface area contributed by atoms with Crippen LogP contribution >= 0.6 is 0 Å². The molecule has 0 aliphatic carbocycles. The van der Waals surface area contributed by atoms with Gasteiger partial charge in [0.1, 0.15) is 30.2 Å². The fraction of sp³-hybridized carbons (Fsp3) is 0.767. The predicted molar refractivity (Wildman–Crippen MR) is 168 cm³/mol. The first-order valence-electron chi connectivity index (χ1n) is 16.3. The third-order valence-corrected chi connectivity index (χ3v) is 8.81. The van der Waals surface area contributed by atoms with E-state index in [0.29, 0.717) is 58.0 Å². The van der Waals surface area contributed by atoms with E-state index in [9.17, 15) is 33.9 Å². The van der Waals surface area contributed by atoms with Crippen molar-refractivity contribution in [2.24, 2.45) is 17.4 Å². The van der Waals surface area contributed by atoms with E-state index in [1.807, 2.05) is 13.8 Å². The number of rotatable bonds is 14. The van der Waals surface area contributed by atoms with Gasteiger partial charge in [0.05, 0.1) is 6.04 Å². The maximum absolute atomic E-state index is 13.7. The Morgan fingerprint density at radius 1 is 0.826 bits per heavy atom. The van der Waals surface area contributed by atoms with Crippen molar-refractivity contribution in [3.8, 4) is 0 Å². The Morgan fingerprint density at radius 3 is 1.96 bits per heavy atom. The zero-order valence-electron chi connectivity index (χ0n) is 27.1. The van der Waals surface area contributed by atoms with Crippen LogP contribution in [-0.2, 0) is 28.8 Å². The number of aliphatic carboxylic acids is 1. The highest BCUT2D eigenvalue weighted by Crippen LogP contribution is 2.26. The normalized spacial score (nSPS) is 23.2. The molecule has 0 saturated carbocycles. The highest BCUT2D eigenvalue weighted by Gasteiger charge is 2.43. The van der Waals surface area contributed by atoms with Gasteiger partial charge < -0.3 is 47.2 Å². The first-order valence-corrected chi connectivity index (χ1v) is 16.3. The molecule has 3 heterocycles. The van der Waals surface area contributed by atoms with E-state index in [4.69, 9.17) is 16.9 Å². The van der Waals surface area contributed by atoms with Crippen molar-refractivity contribution in [3.05, 3.63) is 0 Å². The number of nitrogens with two attached hydrogens (primary N) is 2. The number of nitrogens with zero attached hydrogens (tertiary/aromatic N) is 3. The van der Waals surface area contributed by atoms with Crippen LogP contribution in [0.25, 0.3) is 0 Å². The highest BCUT2D eigenvalue weighted by molar-refractivity contribution is 5.96. The number of amides is 5. The Bertz CT molecular complexity index is 1160. The lowest BCUT2D eigenvalue weighted by Gasteiger charge is -2.32. The summed E-state index contributed by atoms with van der Waals surface area (Å²) in [6.07, 6.45) is 3.73. The van der Waals surface area contributed by atoms with Crippen LogP contribution < -0.4 is 27.4 Å². The minimum atomic E-state index is -1.11. The van der Waals surface area contributed by atoms with E-state index in [2.05, 4.69) is 16.0 Å². The maximum atomic E-state index is 13.7. The summed E-state index contributed by atoms with van der Waals surface area (Å²) in [5.41, 5.74) is 11.2. The molecule has 5 amide bonds. The molecule has 6 atom stereocenters. The third-order valence-electron chi connectivity index (χ3n) is 8.81. The van der Waals surface area contributed by atoms with Gasteiger partial charge in [0.25, 0.3) is 0 Å². The molecule has 3 fully saturated rings. The monoisotopic (exact) mass is 649 g/mol. The number of carboxylic acids is 1. The molecule has 3 aliphatic heterocycles. The van der Waals surface area contributed by atoms with E-state index < -0.39 is 59.9 Å². The lowest BCUT2D eigenvalue weighted by molar-refractivity contribution is -0.149. The van der Waals surface area contributed by atoms with Crippen LogP contribution in [-0.4, -0.2) is 124 Å². The molecule has 0 aromatic heterocycles. The Balaban J connectivity index is 1.74. The molecule has 0 aromatic rings. The molecule has 0 unspecified atom stereocenters. The zero-order valence-corrected chi connectivity index (χ0v) is 27.1. The minimum Gasteiger partial charge on any atom is -0.480 e. The zero-order chi connectivity index (χ0) is 34.1. The molecule has 258 valence electrons. The molecule has 0 spiro atoms. The number of likely N-dealkylation sites (tertiary alicyclic amines) is 3. The van der Waals surface area contributed by atoms with Gasteiger partial charge in [-0.25, -0.2) is 4.79 Å². The van der Waals surface area contributed by atoms with Gasteiger partial charge in [-0.3, -0.25) is 29.4 Å². The van der Waals surface area contributed by atoms with E-state index >= 15 is 0 Å². The average molecular weight is 650 g/mol. The molecule has 3 saturated heterocycles. The van der Waals surface area contributed by atoms with Crippen molar-refractivity contribution in [1.29, 1.82) is 5.41 Å². The van der Waals surface area contributed by atoms with Crippen molar-refractivity contribution in [3.63, 3.8) is 0 Å². The first-order chi connectivity index (χ1) is 21.7. The van der Waals surface area contributed by atoms with Crippen molar-refractivity contribution < 1.29 is 33.9 Å². The lowest BCUT2D eigenvalue weighted by atomic mass is 10.0. The molecular formula is C30H51N9O7. The summed E-state index contributed by atoms with van der Waals surface area (Å²) in [5.74, 6) is -3.59. The molecule has 3 aliphatic rings. The standard InChI is InChI=1S/C30H51N9O7/c1-17(2)16-20(24(40)35-19(8-4-12-34-30(32)33)27(43)39-15-7-11-23(39)29(45)46)36-25(41)21-9-5-13-37(21)28(44)22-10-6-14-38(22)26(42)18(3)31/h17-23H,4-16,31H2,1-3H3,(H,35,40)(H,36,41)(H,45,46)(H4,32,33,34)/t18-,19-,20-,21-,22-,23-/m0/s1. The number of carboxylic acid groups (broad SMARTS) is 1. The molecule has 9 N–H and O–H groups in total. The van der Waals surface area contributed by atoms with Crippen molar-refractivity contribution in [1.82, 2.24) is 30.7 Å². The van der Waals surface area contributed by atoms with Crippen LogP contribution in [0.4, 0.5) is 0 Å². The summed E-state index contributed by atoms with van der Waals surface area (Å²) < 4.78 is 0. The number of carbonyl (C=O) groups excluding carboxylic acids is 5. The van der Waals surface area contributed by atoms with Gasteiger partial charge in [0.15, 0.2) is 5.96 Å². The molecule has 0 aromatic carbocycles. The molecule has 0 bridgehead atoms. The summed E-state index contributed by atoms with van der Waals surface area (Å²) in [7, 11) is 0. The molecule has 3 rings (SSSR count). The Kier molecular flexibility index (Phi) is 13.1. The average Bonchev–Trinajstić information content (AvgIpc) is 3.77. The Labute approximate surface area is 269 Å². The van der Waals surface area contributed by atoms with Gasteiger partial charge in [-0.1, -0.05) is 13.8 Å². The Morgan fingerprint density at radius 2 is 1.39 bits per heavy atom. The second-order valence-electron chi connectivity index (χ2n) is 12.9. The van der Waals surface area contributed by atoms with Gasteiger partial charge in [-0.2, -0.15) is 0 Å². The molecule has 16 nitrogen and oxygen atoms in total. The smallest absolute Gasteiger partial charge is 0.326 e. The summed E-state index contributed by atoms with van der Waals surface area (Å²) in [6.45, 7) is 6.64. The largest absolute Gasteiger partial charge is 0.480 e. The number of hydrogen-bond acceptors (Lipinski definition) is 8. The van der Waals surface area contributed by atoms with Gasteiger partial charge in [0.2, 0.25) is 29.5 Å². The third kappa shape index (κ3) is 9.30. The van der Waals surface area contributed by atoms with Gasteiger partial charge in [-0.15, -0.1) is 0 Å². The SMILES string of the molecule is CC(C)C[C@H](NC(=O)[C@@H]1CCCN1C(=O)[C@@H]1CCCN1C(=O)[C@H](C)N)C(=O)N[C@@H](CCCNC(=N)N)C(=O)N1CCC[C@H]1C(=O)O. The van der Waals surface area contributed by atoms with Crippen LogP contribution in [0.2, 0.25) is 0 Å². The Hall–Kier alpha value is -3.95. The fourth-order valence-corrected chi connectivity index (χ4v) is 6.56. The highest BCUT2D eigenvalue weighted by atomic mass is 16.4. The summed E-state index contributed by atoms with van der Waals surface area (Å²) >= 11 is 0. The number of guanidine groups is 1. The van der Waals surface area contributed by atoms with Crippen LogP contribution in [0.3, 0.4) is 0 Å². The fourth-order valence-electron chi connectivity index (χ4n) is 6.56. The second kappa shape index (κ2) is 16.6. The van der Waals surface area contributed by atoms with Crippen LogP contribution in [0.5, 0.6) is 0 Å². The summed E-state index contributed by atoms with van der Waals surface area (Å²) in [6, 6.07) is -5.33.